The maximum absolute atomic E-state index is 12.4. The van der Waals surface area contributed by atoms with Gasteiger partial charge < -0.3 is 10.1 Å². The SMILES string of the molecule is O=C(COC(=O)c1ccccc1NS(=O)(=O)c1cccs1)Nc1ccccc1. The van der Waals surface area contributed by atoms with Gasteiger partial charge in [-0.25, -0.2) is 13.2 Å². The Labute approximate surface area is 166 Å². The number of anilines is 2. The molecule has 1 amide bonds. The molecule has 0 saturated carbocycles. The number of carbonyl (C=O) groups is 2. The van der Waals surface area contributed by atoms with Crippen molar-refractivity contribution in [3.8, 4) is 0 Å². The summed E-state index contributed by atoms with van der Waals surface area (Å²) in [7, 11) is -3.82. The first-order chi connectivity index (χ1) is 13.5. The van der Waals surface area contributed by atoms with E-state index >= 15 is 0 Å². The van der Waals surface area contributed by atoms with E-state index in [1.165, 1.54) is 18.2 Å². The van der Waals surface area contributed by atoms with Crippen LogP contribution in [0.15, 0.2) is 76.3 Å². The van der Waals surface area contributed by atoms with Gasteiger partial charge in [0.2, 0.25) is 0 Å². The van der Waals surface area contributed by atoms with Crippen LogP contribution in [0.4, 0.5) is 11.4 Å². The van der Waals surface area contributed by atoms with Gasteiger partial charge in [-0.2, -0.15) is 0 Å². The second kappa shape index (κ2) is 8.68. The van der Waals surface area contributed by atoms with Crippen LogP contribution in [0.3, 0.4) is 0 Å². The normalized spacial score (nSPS) is 10.9. The molecule has 0 aliphatic carbocycles. The van der Waals surface area contributed by atoms with Crippen LogP contribution < -0.4 is 10.0 Å². The molecule has 0 bridgehead atoms. The van der Waals surface area contributed by atoms with Crippen LogP contribution in [0.1, 0.15) is 10.4 Å². The molecule has 7 nitrogen and oxygen atoms in total. The van der Waals surface area contributed by atoms with Gasteiger partial charge in [-0.15, -0.1) is 11.3 Å². The smallest absolute Gasteiger partial charge is 0.340 e. The Morgan fingerprint density at radius 2 is 1.64 bits per heavy atom. The molecule has 2 aromatic carbocycles. The standard InChI is InChI=1S/C19H16N2O5S2/c22-17(20-14-7-2-1-3-8-14)13-26-19(23)15-9-4-5-10-16(15)21-28(24,25)18-11-6-12-27-18/h1-12,21H,13H2,(H,20,22). The number of para-hydroxylation sites is 2. The van der Waals surface area contributed by atoms with Crippen molar-refractivity contribution in [2.45, 2.75) is 4.21 Å². The summed E-state index contributed by atoms with van der Waals surface area (Å²) < 4.78 is 32.3. The summed E-state index contributed by atoms with van der Waals surface area (Å²) in [6.45, 7) is -0.500. The van der Waals surface area contributed by atoms with Crippen molar-refractivity contribution in [3.63, 3.8) is 0 Å². The van der Waals surface area contributed by atoms with Gasteiger partial charge in [0.15, 0.2) is 6.61 Å². The third-order valence-electron chi connectivity index (χ3n) is 3.54. The number of hydrogen-bond acceptors (Lipinski definition) is 6. The van der Waals surface area contributed by atoms with Crippen molar-refractivity contribution in [3.05, 3.63) is 77.7 Å². The summed E-state index contributed by atoms with van der Waals surface area (Å²) in [5.74, 6) is -1.32. The number of amides is 1. The molecule has 0 atom stereocenters. The highest BCUT2D eigenvalue weighted by atomic mass is 32.2. The first kappa shape index (κ1) is 19.6. The van der Waals surface area contributed by atoms with E-state index in [1.54, 1.807) is 47.8 Å². The van der Waals surface area contributed by atoms with E-state index in [0.29, 0.717) is 5.69 Å². The number of thiophene rings is 1. The van der Waals surface area contributed by atoms with E-state index in [4.69, 9.17) is 4.74 Å². The molecular weight excluding hydrogens is 400 g/mol. The maximum Gasteiger partial charge on any atom is 0.340 e. The third kappa shape index (κ3) is 4.96. The van der Waals surface area contributed by atoms with Gasteiger partial charge in [0.05, 0.1) is 11.3 Å². The quantitative estimate of drug-likeness (QED) is 0.575. The van der Waals surface area contributed by atoms with Crippen LogP contribution in [-0.2, 0) is 19.6 Å². The Balaban J connectivity index is 1.67. The van der Waals surface area contributed by atoms with Crippen molar-refractivity contribution in [2.24, 2.45) is 0 Å². The molecule has 144 valence electrons. The summed E-state index contributed by atoms with van der Waals surface area (Å²) in [5, 5.41) is 4.23. The summed E-state index contributed by atoms with van der Waals surface area (Å²) in [6.07, 6.45) is 0. The number of esters is 1. The molecule has 9 heteroatoms. The predicted molar refractivity (Wildman–Crippen MR) is 107 cm³/mol. The topological polar surface area (TPSA) is 102 Å². The summed E-state index contributed by atoms with van der Waals surface area (Å²) >= 11 is 1.06. The van der Waals surface area contributed by atoms with Crippen LogP contribution in [0.2, 0.25) is 0 Å². The molecule has 0 fully saturated rings. The molecule has 0 aliphatic rings. The number of nitrogens with one attached hydrogen (secondary N) is 2. The maximum atomic E-state index is 12.4. The zero-order chi connectivity index (χ0) is 20.0. The first-order valence-corrected chi connectivity index (χ1v) is 10.5. The monoisotopic (exact) mass is 416 g/mol. The van der Waals surface area contributed by atoms with Crippen LogP contribution in [0, 0.1) is 0 Å². The number of rotatable bonds is 7. The molecule has 0 unspecified atom stereocenters. The zero-order valence-corrected chi connectivity index (χ0v) is 16.1. The van der Waals surface area contributed by atoms with Crippen LogP contribution in [0.5, 0.6) is 0 Å². The molecule has 0 radical (unpaired) electrons. The Hall–Kier alpha value is -3.17. The molecule has 0 saturated heterocycles. The molecule has 0 aliphatic heterocycles. The lowest BCUT2D eigenvalue weighted by molar-refractivity contribution is -0.119. The Kier molecular flexibility index (Phi) is 6.07. The van der Waals surface area contributed by atoms with E-state index in [2.05, 4.69) is 10.0 Å². The lowest BCUT2D eigenvalue weighted by Gasteiger charge is -2.11. The minimum Gasteiger partial charge on any atom is -0.452 e. The molecule has 1 heterocycles. The summed E-state index contributed by atoms with van der Waals surface area (Å²) in [6, 6.07) is 17.8. The van der Waals surface area contributed by atoms with Gasteiger partial charge in [0.25, 0.3) is 15.9 Å². The first-order valence-electron chi connectivity index (χ1n) is 8.13. The zero-order valence-electron chi connectivity index (χ0n) is 14.5. The largest absolute Gasteiger partial charge is 0.452 e. The molecule has 0 spiro atoms. The number of benzene rings is 2. The number of ether oxygens (including phenoxy) is 1. The van der Waals surface area contributed by atoms with E-state index in [-0.39, 0.29) is 15.5 Å². The number of hydrogen-bond donors (Lipinski definition) is 2. The van der Waals surface area contributed by atoms with Crippen LogP contribution >= 0.6 is 11.3 Å². The molecular formula is C19H16N2O5S2. The fourth-order valence-corrected chi connectivity index (χ4v) is 4.36. The van der Waals surface area contributed by atoms with Crippen LogP contribution in [-0.4, -0.2) is 26.9 Å². The van der Waals surface area contributed by atoms with E-state index in [9.17, 15) is 18.0 Å². The number of sulfonamides is 1. The Bertz CT molecular complexity index is 1060. The van der Waals surface area contributed by atoms with Gasteiger partial charge in [-0.3, -0.25) is 9.52 Å². The lowest BCUT2D eigenvalue weighted by atomic mass is 10.2. The highest BCUT2D eigenvalue weighted by Crippen LogP contribution is 2.23. The third-order valence-corrected chi connectivity index (χ3v) is 6.31. The molecule has 3 aromatic rings. The molecule has 1 aromatic heterocycles. The van der Waals surface area contributed by atoms with Gasteiger partial charge in [-0.1, -0.05) is 36.4 Å². The van der Waals surface area contributed by atoms with Crippen molar-refractivity contribution in [1.82, 2.24) is 0 Å². The van der Waals surface area contributed by atoms with Gasteiger partial charge in [0, 0.05) is 5.69 Å². The average molecular weight is 416 g/mol. The second-order valence-electron chi connectivity index (χ2n) is 5.57. The van der Waals surface area contributed by atoms with Gasteiger partial charge in [-0.05, 0) is 35.7 Å². The number of carbonyl (C=O) groups excluding carboxylic acids is 2. The Morgan fingerprint density at radius 3 is 2.36 bits per heavy atom. The predicted octanol–water partition coefficient (Wildman–Crippen LogP) is 3.34. The second-order valence-corrected chi connectivity index (χ2v) is 8.43. The fraction of sp³-hybridized carbons (Fsp3) is 0.0526. The van der Waals surface area contributed by atoms with Crippen molar-refractivity contribution < 1.29 is 22.7 Å². The van der Waals surface area contributed by atoms with Gasteiger partial charge >= 0.3 is 5.97 Å². The van der Waals surface area contributed by atoms with E-state index in [0.717, 1.165) is 11.3 Å². The van der Waals surface area contributed by atoms with Crippen molar-refractivity contribution in [2.75, 3.05) is 16.6 Å². The Morgan fingerprint density at radius 1 is 0.929 bits per heavy atom. The fourth-order valence-electron chi connectivity index (χ4n) is 2.29. The summed E-state index contributed by atoms with van der Waals surface area (Å²) in [4.78, 5) is 24.3. The van der Waals surface area contributed by atoms with Crippen molar-refractivity contribution >= 4 is 44.6 Å². The highest BCUT2D eigenvalue weighted by Gasteiger charge is 2.20. The summed E-state index contributed by atoms with van der Waals surface area (Å²) in [5.41, 5.74) is 0.659. The molecule has 3 rings (SSSR count). The molecule has 2 N–H and O–H groups in total. The van der Waals surface area contributed by atoms with Crippen molar-refractivity contribution in [1.29, 1.82) is 0 Å². The van der Waals surface area contributed by atoms with Crippen LogP contribution in [0.25, 0.3) is 0 Å². The minimum atomic E-state index is -3.82. The lowest BCUT2D eigenvalue weighted by Crippen LogP contribution is -2.22. The minimum absolute atomic E-state index is 0.00939. The average Bonchev–Trinajstić information content (AvgIpc) is 3.23. The van der Waals surface area contributed by atoms with Gasteiger partial charge in [0.1, 0.15) is 4.21 Å². The molecule has 28 heavy (non-hydrogen) atoms. The highest BCUT2D eigenvalue weighted by molar-refractivity contribution is 7.94. The van der Waals surface area contributed by atoms with E-state index in [1.807, 2.05) is 6.07 Å². The van der Waals surface area contributed by atoms with E-state index < -0.39 is 28.5 Å².